The minimum atomic E-state index is 0.189. The van der Waals surface area contributed by atoms with E-state index in [1.54, 1.807) is 0 Å². The summed E-state index contributed by atoms with van der Waals surface area (Å²) < 4.78 is 0. The van der Waals surface area contributed by atoms with Crippen molar-refractivity contribution >= 4 is 21.8 Å². The van der Waals surface area contributed by atoms with E-state index < -0.39 is 0 Å². The molecule has 0 atom stereocenters. The van der Waals surface area contributed by atoms with Crippen molar-refractivity contribution in [1.82, 2.24) is 5.32 Å². The van der Waals surface area contributed by atoms with Crippen molar-refractivity contribution in [2.75, 3.05) is 5.33 Å². The molecule has 1 fully saturated rings. The molecule has 1 N–H and O–H groups in total. The lowest BCUT2D eigenvalue weighted by Gasteiger charge is -2.10. The topological polar surface area (TPSA) is 29.1 Å². The van der Waals surface area contributed by atoms with Gasteiger partial charge in [0.2, 0.25) is 5.91 Å². The Kier molecular flexibility index (Phi) is 3.91. The highest BCUT2D eigenvalue weighted by atomic mass is 79.9. The molecular formula is C8H14BrNO. The van der Waals surface area contributed by atoms with Crippen molar-refractivity contribution in [2.24, 2.45) is 0 Å². The lowest BCUT2D eigenvalue weighted by molar-refractivity contribution is -0.121. The van der Waals surface area contributed by atoms with Crippen LogP contribution in [0.4, 0.5) is 0 Å². The van der Waals surface area contributed by atoms with Gasteiger partial charge in [0, 0.05) is 17.8 Å². The van der Waals surface area contributed by atoms with Gasteiger partial charge < -0.3 is 5.32 Å². The van der Waals surface area contributed by atoms with Crippen LogP contribution in [0.15, 0.2) is 0 Å². The zero-order valence-corrected chi connectivity index (χ0v) is 8.19. The zero-order chi connectivity index (χ0) is 8.10. The first-order valence-corrected chi connectivity index (χ1v) is 5.30. The highest BCUT2D eigenvalue weighted by Gasteiger charge is 2.16. The number of amides is 1. The Morgan fingerprint density at radius 1 is 1.45 bits per heavy atom. The van der Waals surface area contributed by atoms with Crippen LogP contribution in [0.2, 0.25) is 0 Å². The van der Waals surface area contributed by atoms with Crippen LogP contribution in [-0.4, -0.2) is 17.3 Å². The van der Waals surface area contributed by atoms with Gasteiger partial charge in [-0.05, 0) is 12.8 Å². The third-order valence-corrected chi connectivity index (χ3v) is 2.44. The van der Waals surface area contributed by atoms with E-state index in [9.17, 15) is 4.79 Å². The van der Waals surface area contributed by atoms with E-state index in [-0.39, 0.29) is 5.91 Å². The number of alkyl halides is 1. The van der Waals surface area contributed by atoms with Crippen LogP contribution < -0.4 is 5.32 Å². The molecule has 0 bridgehead atoms. The lowest BCUT2D eigenvalue weighted by Crippen LogP contribution is -2.32. The van der Waals surface area contributed by atoms with E-state index in [2.05, 4.69) is 21.2 Å². The number of carbonyl (C=O) groups is 1. The molecule has 1 rings (SSSR count). The van der Waals surface area contributed by atoms with Gasteiger partial charge >= 0.3 is 0 Å². The summed E-state index contributed by atoms with van der Waals surface area (Å²) in [6, 6.07) is 0.474. The molecule has 0 aromatic rings. The summed E-state index contributed by atoms with van der Waals surface area (Å²) in [4.78, 5) is 11.1. The standard InChI is InChI=1S/C8H14BrNO/c9-6-5-8(11)10-7-3-1-2-4-7/h7H,1-6H2,(H,10,11). The maximum absolute atomic E-state index is 11.1. The van der Waals surface area contributed by atoms with Gasteiger partial charge in [-0.2, -0.15) is 0 Å². The van der Waals surface area contributed by atoms with Crippen LogP contribution in [0.25, 0.3) is 0 Å². The summed E-state index contributed by atoms with van der Waals surface area (Å²) >= 11 is 3.24. The third-order valence-electron chi connectivity index (χ3n) is 2.04. The predicted molar refractivity (Wildman–Crippen MR) is 48.8 cm³/mol. The Labute approximate surface area is 75.9 Å². The van der Waals surface area contributed by atoms with Crippen molar-refractivity contribution in [3.63, 3.8) is 0 Å². The molecule has 64 valence electrons. The Hall–Kier alpha value is -0.0500. The fourth-order valence-electron chi connectivity index (χ4n) is 1.46. The molecule has 1 amide bonds. The molecule has 0 radical (unpaired) electrons. The van der Waals surface area contributed by atoms with Crippen LogP contribution in [0.5, 0.6) is 0 Å². The molecule has 0 aromatic heterocycles. The van der Waals surface area contributed by atoms with E-state index >= 15 is 0 Å². The van der Waals surface area contributed by atoms with Gasteiger partial charge in [-0.25, -0.2) is 0 Å². The van der Waals surface area contributed by atoms with Crippen molar-refractivity contribution in [1.29, 1.82) is 0 Å². The van der Waals surface area contributed by atoms with E-state index in [0.717, 1.165) is 5.33 Å². The molecule has 1 aliphatic carbocycles. The van der Waals surface area contributed by atoms with Crippen LogP contribution in [0, 0.1) is 0 Å². The Bertz CT molecular complexity index is 132. The maximum Gasteiger partial charge on any atom is 0.221 e. The van der Waals surface area contributed by atoms with Gasteiger partial charge in [-0.3, -0.25) is 4.79 Å². The Balaban J connectivity index is 2.13. The fraction of sp³-hybridized carbons (Fsp3) is 0.875. The van der Waals surface area contributed by atoms with Gasteiger partial charge in [0.15, 0.2) is 0 Å². The van der Waals surface area contributed by atoms with Gasteiger partial charge in [-0.1, -0.05) is 28.8 Å². The molecule has 1 saturated carbocycles. The summed E-state index contributed by atoms with van der Waals surface area (Å²) in [5, 5.41) is 3.78. The van der Waals surface area contributed by atoms with Gasteiger partial charge in [-0.15, -0.1) is 0 Å². The summed E-state index contributed by atoms with van der Waals surface area (Å²) in [5.41, 5.74) is 0. The number of hydrogen-bond donors (Lipinski definition) is 1. The first-order chi connectivity index (χ1) is 5.33. The zero-order valence-electron chi connectivity index (χ0n) is 6.61. The van der Waals surface area contributed by atoms with Gasteiger partial charge in [0.1, 0.15) is 0 Å². The minimum absolute atomic E-state index is 0.189. The lowest BCUT2D eigenvalue weighted by atomic mass is 10.2. The predicted octanol–water partition coefficient (Wildman–Crippen LogP) is 1.83. The summed E-state index contributed by atoms with van der Waals surface area (Å²) in [6.07, 6.45) is 5.51. The smallest absolute Gasteiger partial charge is 0.221 e. The maximum atomic E-state index is 11.1. The van der Waals surface area contributed by atoms with Crippen LogP contribution >= 0.6 is 15.9 Å². The second-order valence-electron chi connectivity index (χ2n) is 2.99. The summed E-state index contributed by atoms with van der Waals surface area (Å²) in [5.74, 6) is 0.189. The summed E-state index contributed by atoms with van der Waals surface area (Å²) in [6.45, 7) is 0. The molecule has 11 heavy (non-hydrogen) atoms. The van der Waals surface area contributed by atoms with E-state index in [0.29, 0.717) is 12.5 Å². The number of rotatable bonds is 3. The number of halogens is 1. The van der Waals surface area contributed by atoms with Crippen molar-refractivity contribution in [3.05, 3.63) is 0 Å². The molecule has 0 saturated heterocycles. The highest BCUT2D eigenvalue weighted by molar-refractivity contribution is 9.09. The van der Waals surface area contributed by atoms with Crippen molar-refractivity contribution < 1.29 is 4.79 Å². The largest absolute Gasteiger partial charge is 0.353 e. The average Bonchev–Trinajstić information content (AvgIpc) is 2.40. The molecular weight excluding hydrogens is 206 g/mol. The minimum Gasteiger partial charge on any atom is -0.353 e. The van der Waals surface area contributed by atoms with Crippen molar-refractivity contribution in [3.8, 4) is 0 Å². The molecule has 0 unspecified atom stereocenters. The fourth-order valence-corrected chi connectivity index (χ4v) is 1.82. The first-order valence-electron chi connectivity index (χ1n) is 4.18. The van der Waals surface area contributed by atoms with Crippen LogP contribution in [-0.2, 0) is 4.79 Å². The Morgan fingerprint density at radius 2 is 2.09 bits per heavy atom. The normalized spacial score (nSPS) is 18.6. The SMILES string of the molecule is O=C(CCBr)NC1CCCC1. The quantitative estimate of drug-likeness (QED) is 0.722. The van der Waals surface area contributed by atoms with Crippen molar-refractivity contribution in [2.45, 2.75) is 38.1 Å². The monoisotopic (exact) mass is 219 g/mol. The number of nitrogens with one attached hydrogen (secondary N) is 1. The first kappa shape index (κ1) is 9.04. The van der Waals surface area contributed by atoms with E-state index in [4.69, 9.17) is 0 Å². The van der Waals surface area contributed by atoms with E-state index in [1.165, 1.54) is 25.7 Å². The molecule has 0 spiro atoms. The van der Waals surface area contributed by atoms with Gasteiger partial charge in [0.05, 0.1) is 0 Å². The van der Waals surface area contributed by atoms with Crippen LogP contribution in [0.1, 0.15) is 32.1 Å². The molecule has 1 aliphatic rings. The number of carbonyl (C=O) groups excluding carboxylic acids is 1. The molecule has 2 nitrogen and oxygen atoms in total. The second-order valence-corrected chi connectivity index (χ2v) is 3.78. The molecule has 0 heterocycles. The number of hydrogen-bond acceptors (Lipinski definition) is 1. The third kappa shape index (κ3) is 3.23. The molecule has 0 aromatic carbocycles. The molecule has 3 heteroatoms. The van der Waals surface area contributed by atoms with Crippen LogP contribution in [0.3, 0.4) is 0 Å². The highest BCUT2D eigenvalue weighted by Crippen LogP contribution is 2.17. The molecule has 0 aliphatic heterocycles. The second kappa shape index (κ2) is 4.75. The Morgan fingerprint density at radius 3 is 2.64 bits per heavy atom. The van der Waals surface area contributed by atoms with E-state index in [1.807, 2.05) is 0 Å². The average molecular weight is 220 g/mol. The summed E-state index contributed by atoms with van der Waals surface area (Å²) in [7, 11) is 0. The van der Waals surface area contributed by atoms with Gasteiger partial charge in [0.25, 0.3) is 0 Å².